The van der Waals surface area contributed by atoms with Gasteiger partial charge < -0.3 is 4.90 Å². The third-order valence-electron chi connectivity index (χ3n) is 12.4. The van der Waals surface area contributed by atoms with E-state index in [2.05, 4.69) is 178 Å². The number of likely N-dealkylation sites (tertiary alicyclic amines) is 1. The number of rotatable bonds is 6. The summed E-state index contributed by atoms with van der Waals surface area (Å²) >= 11 is 0. The van der Waals surface area contributed by atoms with Gasteiger partial charge in [0.15, 0.2) is 0 Å². The molecule has 0 unspecified atom stereocenters. The SMILES string of the molecule is CC(C)C1CCCCC1.CC(C)N1CCCC1.CC(C)c1ccc2c(c1)CCC2.CC(C)c1cccc2ccccc12.CC(C)c1ccccc1.CC(C)c1ccccn1. The number of fused-ring (bicyclic) bond motifs is 2. The second kappa shape index (κ2) is 28.0. The van der Waals surface area contributed by atoms with E-state index in [0.29, 0.717) is 23.7 Å². The van der Waals surface area contributed by atoms with Crippen LogP contribution in [0.2, 0.25) is 0 Å². The van der Waals surface area contributed by atoms with E-state index in [1.165, 1.54) is 105 Å². The number of hydrogen-bond donors (Lipinski definition) is 0. The number of nitrogens with zero attached hydrogens (tertiary/aromatic N) is 2. The molecular formula is C58H86N2. The average molecular weight is 811 g/mol. The third-order valence-corrected chi connectivity index (χ3v) is 12.4. The topological polar surface area (TPSA) is 16.1 Å². The van der Waals surface area contributed by atoms with E-state index in [9.17, 15) is 0 Å². The van der Waals surface area contributed by atoms with Crippen LogP contribution in [0.3, 0.4) is 0 Å². The van der Waals surface area contributed by atoms with Crippen molar-refractivity contribution in [3.63, 3.8) is 0 Å². The lowest BCUT2D eigenvalue weighted by Gasteiger charge is -2.24. The molecule has 3 aliphatic rings. The van der Waals surface area contributed by atoms with Gasteiger partial charge in [-0.3, -0.25) is 4.98 Å². The first-order valence-corrected chi connectivity index (χ1v) is 24.1. The largest absolute Gasteiger partial charge is 0.301 e. The Morgan fingerprint density at radius 3 is 1.58 bits per heavy atom. The van der Waals surface area contributed by atoms with Crippen LogP contribution in [0.5, 0.6) is 0 Å². The highest BCUT2D eigenvalue weighted by Gasteiger charge is 2.16. The highest BCUT2D eigenvalue weighted by atomic mass is 15.2. The first-order valence-electron chi connectivity index (χ1n) is 24.1. The zero-order valence-corrected chi connectivity index (χ0v) is 40.4. The Morgan fingerprint density at radius 2 is 1.08 bits per heavy atom. The Bertz CT molecular complexity index is 1770. The van der Waals surface area contributed by atoms with Crippen LogP contribution in [-0.2, 0) is 12.8 Å². The van der Waals surface area contributed by atoms with Gasteiger partial charge in [-0.25, -0.2) is 0 Å². The van der Waals surface area contributed by atoms with Crippen molar-refractivity contribution in [1.29, 1.82) is 0 Å². The minimum absolute atomic E-state index is 0.547. The van der Waals surface area contributed by atoms with Gasteiger partial charge in [0.1, 0.15) is 0 Å². The summed E-state index contributed by atoms with van der Waals surface area (Å²) in [6.45, 7) is 29.6. The zero-order chi connectivity index (χ0) is 43.9. The highest BCUT2D eigenvalue weighted by Crippen LogP contribution is 2.29. The molecule has 1 saturated heterocycles. The van der Waals surface area contributed by atoms with Crippen molar-refractivity contribution in [3.05, 3.63) is 149 Å². The predicted octanol–water partition coefficient (Wildman–Crippen LogP) is 17.0. The average Bonchev–Trinajstić information content (AvgIpc) is 3.99. The maximum absolute atomic E-state index is 4.18. The Kier molecular flexibility index (Phi) is 23.6. The predicted molar refractivity (Wildman–Crippen MR) is 267 cm³/mol. The second-order valence-electron chi connectivity index (χ2n) is 19.2. The van der Waals surface area contributed by atoms with Crippen molar-refractivity contribution in [2.45, 2.75) is 177 Å². The molecule has 1 aromatic heterocycles. The second-order valence-corrected chi connectivity index (χ2v) is 19.2. The summed E-state index contributed by atoms with van der Waals surface area (Å²) in [6, 6.07) is 39.4. The van der Waals surface area contributed by atoms with E-state index in [1.807, 2.05) is 30.5 Å². The van der Waals surface area contributed by atoms with E-state index < -0.39 is 0 Å². The smallest absolute Gasteiger partial charge is 0.0428 e. The first-order chi connectivity index (χ1) is 28.8. The molecule has 2 nitrogen and oxygen atoms in total. The van der Waals surface area contributed by atoms with Gasteiger partial charge in [0.05, 0.1) is 0 Å². The summed E-state index contributed by atoms with van der Waals surface area (Å²) in [5, 5.41) is 2.73. The maximum Gasteiger partial charge on any atom is 0.0428 e. The summed E-state index contributed by atoms with van der Waals surface area (Å²) in [5.41, 5.74) is 8.70. The molecule has 328 valence electrons. The standard InChI is InChI=1S/C13H14.C12H16.C9H18.C9H12.C8H11N.C7H15N/c1-10(2)12-9-5-7-11-6-3-4-8-13(11)12;1-9(2)11-7-6-10-4-3-5-12(10)8-11;2*1-8(2)9-6-4-3-5-7-9;1-7(2)8-5-3-4-6-9-8;1-7(2)8-5-3-4-6-8/h3-10H,1-2H3;6-9H,3-5H2,1-2H3;8-9H,3-7H2,1-2H3;3-8H,1-2H3;3-7H,1-2H3;7H,3-6H2,1-2H3. The molecule has 1 saturated carbocycles. The van der Waals surface area contributed by atoms with Crippen LogP contribution in [0.4, 0.5) is 0 Å². The van der Waals surface area contributed by atoms with Gasteiger partial charge in [0.25, 0.3) is 0 Å². The molecule has 0 N–H and O–H groups in total. The first kappa shape index (κ1) is 50.6. The van der Waals surface area contributed by atoms with Gasteiger partial charge >= 0.3 is 0 Å². The maximum atomic E-state index is 4.18. The molecule has 2 heteroatoms. The number of pyridine rings is 1. The minimum atomic E-state index is 0.547. The van der Waals surface area contributed by atoms with Crippen molar-refractivity contribution in [1.82, 2.24) is 9.88 Å². The fourth-order valence-corrected chi connectivity index (χ4v) is 8.32. The molecule has 0 spiro atoms. The van der Waals surface area contributed by atoms with Crippen LogP contribution < -0.4 is 0 Å². The molecule has 0 radical (unpaired) electrons. The van der Waals surface area contributed by atoms with Gasteiger partial charge in [-0.2, -0.15) is 0 Å². The summed E-state index contributed by atoms with van der Waals surface area (Å²) < 4.78 is 0. The fourth-order valence-electron chi connectivity index (χ4n) is 8.32. The molecule has 0 atom stereocenters. The summed E-state index contributed by atoms with van der Waals surface area (Å²) in [7, 11) is 0. The highest BCUT2D eigenvalue weighted by molar-refractivity contribution is 5.86. The Hall–Kier alpha value is -3.75. The van der Waals surface area contributed by atoms with Crippen molar-refractivity contribution >= 4 is 10.8 Å². The lowest BCUT2D eigenvalue weighted by molar-refractivity contribution is 0.276. The van der Waals surface area contributed by atoms with Crippen LogP contribution >= 0.6 is 0 Å². The van der Waals surface area contributed by atoms with Crippen molar-refractivity contribution in [2.24, 2.45) is 11.8 Å². The molecule has 1 aliphatic heterocycles. The third kappa shape index (κ3) is 18.5. The molecule has 5 aromatic rings. The van der Waals surface area contributed by atoms with E-state index in [1.54, 1.807) is 11.1 Å². The summed E-state index contributed by atoms with van der Waals surface area (Å²) in [5.74, 6) is 4.48. The van der Waals surface area contributed by atoms with Gasteiger partial charge in [-0.05, 0) is 145 Å². The summed E-state index contributed by atoms with van der Waals surface area (Å²) in [4.78, 5) is 6.71. The van der Waals surface area contributed by atoms with Crippen LogP contribution in [-0.4, -0.2) is 29.0 Å². The van der Waals surface area contributed by atoms with Gasteiger partial charge in [0.2, 0.25) is 0 Å². The van der Waals surface area contributed by atoms with E-state index in [0.717, 1.165) is 23.6 Å². The van der Waals surface area contributed by atoms with Gasteiger partial charge in [-0.15, -0.1) is 0 Å². The van der Waals surface area contributed by atoms with Crippen molar-refractivity contribution in [3.8, 4) is 0 Å². The molecule has 60 heavy (non-hydrogen) atoms. The summed E-state index contributed by atoms with van der Waals surface area (Å²) in [6.07, 6.45) is 16.1. The zero-order valence-electron chi connectivity index (χ0n) is 40.4. The van der Waals surface area contributed by atoms with E-state index >= 15 is 0 Å². The molecule has 2 aliphatic carbocycles. The molecule has 4 aromatic carbocycles. The number of aromatic nitrogens is 1. The number of aryl methyl sites for hydroxylation is 2. The van der Waals surface area contributed by atoms with Crippen molar-refractivity contribution in [2.75, 3.05) is 13.1 Å². The molecule has 8 rings (SSSR count). The normalized spacial score (nSPS) is 15.0. The van der Waals surface area contributed by atoms with Crippen LogP contribution in [0.25, 0.3) is 10.8 Å². The molecular weight excluding hydrogens is 725 g/mol. The Labute approximate surface area is 370 Å². The lowest BCUT2D eigenvalue weighted by Crippen LogP contribution is -2.26. The van der Waals surface area contributed by atoms with E-state index in [-0.39, 0.29) is 0 Å². The quantitative estimate of drug-likeness (QED) is 0.170. The monoisotopic (exact) mass is 811 g/mol. The molecule has 0 amide bonds. The minimum Gasteiger partial charge on any atom is -0.301 e. The fraction of sp³-hybridized carbons (Fsp3) is 0.534. The molecule has 2 heterocycles. The molecule has 0 bridgehead atoms. The number of hydrogen-bond acceptors (Lipinski definition) is 2. The lowest BCUT2D eigenvalue weighted by atomic mass is 9.82. The van der Waals surface area contributed by atoms with Crippen LogP contribution in [0.1, 0.15) is 192 Å². The van der Waals surface area contributed by atoms with Crippen LogP contribution in [0, 0.1) is 11.8 Å². The van der Waals surface area contributed by atoms with Gasteiger partial charge in [0, 0.05) is 17.9 Å². The number of benzene rings is 4. The molecule has 2 fully saturated rings. The van der Waals surface area contributed by atoms with Gasteiger partial charge in [-0.1, -0.05) is 198 Å². The van der Waals surface area contributed by atoms with Crippen LogP contribution in [0.15, 0.2) is 115 Å². The Morgan fingerprint density at radius 1 is 0.483 bits per heavy atom. The van der Waals surface area contributed by atoms with Crippen molar-refractivity contribution < 1.29 is 0 Å². The van der Waals surface area contributed by atoms with E-state index in [4.69, 9.17) is 0 Å². The Balaban J connectivity index is 0.000000194.